The number of hydrogen-bond donors (Lipinski definition) is 0. The minimum absolute atomic E-state index is 0.0892. The van der Waals surface area contributed by atoms with Crippen LogP contribution in [-0.4, -0.2) is 17.4 Å². The molecule has 0 bridgehead atoms. The molecule has 0 spiro atoms. The SMILES string of the molecule is O=C1c2ccccc2OCC1c1scnc1-c1ccc(Cl)cc1. The first-order valence-electron chi connectivity index (χ1n) is 7.19. The molecule has 3 nitrogen and oxygen atoms in total. The maximum atomic E-state index is 12.8. The number of Topliss-reactive ketones (excluding diaryl/α,β-unsaturated/α-hetero) is 1. The molecule has 114 valence electrons. The lowest BCUT2D eigenvalue weighted by atomic mass is 9.92. The van der Waals surface area contributed by atoms with Crippen molar-refractivity contribution >= 4 is 28.7 Å². The third kappa shape index (κ3) is 2.54. The van der Waals surface area contributed by atoms with Crippen molar-refractivity contribution in [1.82, 2.24) is 4.98 Å². The van der Waals surface area contributed by atoms with E-state index in [4.69, 9.17) is 16.3 Å². The molecule has 1 aliphatic rings. The average molecular weight is 342 g/mol. The van der Waals surface area contributed by atoms with Gasteiger partial charge in [0, 0.05) is 15.5 Å². The summed E-state index contributed by atoms with van der Waals surface area (Å²) in [4.78, 5) is 18.2. The molecule has 1 aliphatic heterocycles. The molecule has 3 aromatic rings. The van der Waals surface area contributed by atoms with E-state index in [1.807, 2.05) is 48.5 Å². The second kappa shape index (κ2) is 5.80. The van der Waals surface area contributed by atoms with Crippen LogP contribution in [0.3, 0.4) is 0 Å². The Bertz CT molecular complexity index is 873. The Morgan fingerprint density at radius 1 is 1.13 bits per heavy atom. The first-order chi connectivity index (χ1) is 11.2. The van der Waals surface area contributed by atoms with Gasteiger partial charge in [-0.2, -0.15) is 0 Å². The van der Waals surface area contributed by atoms with Crippen molar-refractivity contribution in [1.29, 1.82) is 0 Å². The third-order valence-corrected chi connectivity index (χ3v) is 5.10. The summed E-state index contributed by atoms with van der Waals surface area (Å²) in [5.74, 6) is 0.431. The highest BCUT2D eigenvalue weighted by Crippen LogP contribution is 2.38. The highest BCUT2D eigenvalue weighted by molar-refractivity contribution is 7.10. The van der Waals surface area contributed by atoms with Crippen LogP contribution in [0.2, 0.25) is 5.02 Å². The highest BCUT2D eigenvalue weighted by atomic mass is 35.5. The Kier molecular flexibility index (Phi) is 3.63. The molecule has 0 fully saturated rings. The maximum absolute atomic E-state index is 12.8. The number of para-hydroxylation sites is 1. The van der Waals surface area contributed by atoms with Gasteiger partial charge in [-0.1, -0.05) is 35.9 Å². The molecule has 0 saturated carbocycles. The van der Waals surface area contributed by atoms with E-state index in [-0.39, 0.29) is 11.7 Å². The van der Waals surface area contributed by atoms with Crippen molar-refractivity contribution in [3.05, 3.63) is 69.5 Å². The van der Waals surface area contributed by atoms with Crippen molar-refractivity contribution in [2.75, 3.05) is 6.61 Å². The Balaban J connectivity index is 1.74. The number of benzene rings is 2. The zero-order chi connectivity index (χ0) is 15.8. The number of halogens is 1. The molecule has 1 aromatic heterocycles. The summed E-state index contributed by atoms with van der Waals surface area (Å²) in [6.07, 6.45) is 0. The summed E-state index contributed by atoms with van der Waals surface area (Å²) in [6.45, 7) is 0.346. The molecule has 0 N–H and O–H groups in total. The maximum Gasteiger partial charge on any atom is 0.178 e. The van der Waals surface area contributed by atoms with Crippen LogP contribution in [0.1, 0.15) is 21.2 Å². The summed E-state index contributed by atoms with van der Waals surface area (Å²) in [7, 11) is 0. The fraction of sp³-hybridized carbons (Fsp3) is 0.111. The summed E-state index contributed by atoms with van der Waals surface area (Å²) >= 11 is 7.44. The Hall–Kier alpha value is -2.17. The van der Waals surface area contributed by atoms with Crippen molar-refractivity contribution in [2.24, 2.45) is 0 Å². The quantitative estimate of drug-likeness (QED) is 0.670. The van der Waals surface area contributed by atoms with Crippen LogP contribution in [0, 0.1) is 0 Å². The smallest absolute Gasteiger partial charge is 0.178 e. The van der Waals surface area contributed by atoms with Gasteiger partial charge in [-0.05, 0) is 24.3 Å². The fourth-order valence-corrected chi connectivity index (χ4v) is 3.77. The number of carbonyl (C=O) groups excluding carboxylic acids is 1. The Morgan fingerprint density at radius 3 is 2.74 bits per heavy atom. The summed E-state index contributed by atoms with van der Waals surface area (Å²) in [5, 5.41) is 0.677. The van der Waals surface area contributed by atoms with Crippen LogP contribution in [0.5, 0.6) is 5.75 Å². The molecular weight excluding hydrogens is 330 g/mol. The van der Waals surface area contributed by atoms with Gasteiger partial charge in [0.05, 0.1) is 22.7 Å². The van der Waals surface area contributed by atoms with Crippen molar-refractivity contribution in [3.63, 3.8) is 0 Å². The van der Waals surface area contributed by atoms with Crippen LogP contribution in [0.4, 0.5) is 0 Å². The zero-order valence-electron chi connectivity index (χ0n) is 12.0. The van der Waals surface area contributed by atoms with E-state index in [2.05, 4.69) is 4.98 Å². The van der Waals surface area contributed by atoms with E-state index in [0.717, 1.165) is 16.1 Å². The molecule has 23 heavy (non-hydrogen) atoms. The average Bonchev–Trinajstić information content (AvgIpc) is 3.05. The molecule has 2 heterocycles. The number of thiazole rings is 1. The first-order valence-corrected chi connectivity index (χ1v) is 8.45. The molecule has 1 atom stereocenters. The summed E-state index contributed by atoms with van der Waals surface area (Å²) in [6, 6.07) is 14.9. The van der Waals surface area contributed by atoms with Crippen LogP contribution < -0.4 is 4.74 Å². The minimum atomic E-state index is -0.317. The molecule has 4 rings (SSSR count). The minimum Gasteiger partial charge on any atom is -0.492 e. The highest BCUT2D eigenvalue weighted by Gasteiger charge is 2.33. The number of carbonyl (C=O) groups is 1. The van der Waals surface area contributed by atoms with E-state index in [1.165, 1.54) is 11.3 Å². The van der Waals surface area contributed by atoms with Gasteiger partial charge >= 0.3 is 0 Å². The lowest BCUT2D eigenvalue weighted by Crippen LogP contribution is -2.25. The number of ether oxygens (including phenoxy) is 1. The second-order valence-corrected chi connectivity index (χ2v) is 6.62. The van der Waals surface area contributed by atoms with Crippen LogP contribution in [-0.2, 0) is 0 Å². The standard InChI is InChI=1S/C18H12ClNO2S/c19-12-7-5-11(6-8-12)16-18(23-10-20-16)14-9-22-15-4-2-1-3-13(15)17(14)21/h1-8,10,14H,9H2. The van der Waals surface area contributed by atoms with E-state index in [1.54, 1.807) is 5.51 Å². The molecular formula is C18H12ClNO2S. The van der Waals surface area contributed by atoms with Gasteiger partial charge in [0.15, 0.2) is 5.78 Å². The van der Waals surface area contributed by atoms with Crippen LogP contribution in [0.25, 0.3) is 11.3 Å². The molecule has 2 aromatic carbocycles. The lowest BCUT2D eigenvalue weighted by molar-refractivity contribution is 0.0898. The molecule has 5 heteroatoms. The first kappa shape index (κ1) is 14.4. The lowest BCUT2D eigenvalue weighted by Gasteiger charge is -2.23. The molecule has 0 saturated heterocycles. The van der Waals surface area contributed by atoms with Gasteiger partial charge in [-0.25, -0.2) is 4.98 Å². The third-order valence-electron chi connectivity index (χ3n) is 3.90. The zero-order valence-corrected chi connectivity index (χ0v) is 13.6. The molecule has 0 aliphatic carbocycles. The van der Waals surface area contributed by atoms with Crippen molar-refractivity contribution in [2.45, 2.75) is 5.92 Å². The number of nitrogens with zero attached hydrogens (tertiary/aromatic N) is 1. The number of rotatable bonds is 2. The largest absolute Gasteiger partial charge is 0.492 e. The number of hydrogen-bond acceptors (Lipinski definition) is 4. The number of fused-ring (bicyclic) bond motifs is 1. The van der Waals surface area contributed by atoms with Crippen LogP contribution in [0.15, 0.2) is 54.0 Å². The molecule has 0 radical (unpaired) electrons. The Morgan fingerprint density at radius 2 is 1.91 bits per heavy atom. The number of aromatic nitrogens is 1. The van der Waals surface area contributed by atoms with E-state index in [9.17, 15) is 4.79 Å². The van der Waals surface area contributed by atoms with Gasteiger partial charge in [0.1, 0.15) is 12.4 Å². The molecule has 1 unspecified atom stereocenters. The monoisotopic (exact) mass is 341 g/mol. The Labute approximate surface area is 142 Å². The topological polar surface area (TPSA) is 39.2 Å². The van der Waals surface area contributed by atoms with Gasteiger partial charge in [-0.15, -0.1) is 11.3 Å². The normalized spacial score (nSPS) is 16.7. The van der Waals surface area contributed by atoms with E-state index in [0.29, 0.717) is 22.9 Å². The van der Waals surface area contributed by atoms with E-state index >= 15 is 0 Å². The summed E-state index contributed by atoms with van der Waals surface area (Å²) < 4.78 is 5.78. The fourth-order valence-electron chi connectivity index (χ4n) is 2.75. The predicted molar refractivity (Wildman–Crippen MR) is 91.6 cm³/mol. The van der Waals surface area contributed by atoms with Gasteiger partial charge in [-0.3, -0.25) is 4.79 Å². The van der Waals surface area contributed by atoms with Gasteiger partial charge in [0.25, 0.3) is 0 Å². The van der Waals surface area contributed by atoms with Crippen LogP contribution >= 0.6 is 22.9 Å². The van der Waals surface area contributed by atoms with Crippen molar-refractivity contribution < 1.29 is 9.53 Å². The van der Waals surface area contributed by atoms with E-state index < -0.39 is 0 Å². The van der Waals surface area contributed by atoms with Gasteiger partial charge in [0.2, 0.25) is 0 Å². The van der Waals surface area contributed by atoms with Gasteiger partial charge < -0.3 is 4.74 Å². The number of ketones is 1. The summed E-state index contributed by atoms with van der Waals surface area (Å²) in [5.41, 5.74) is 4.19. The van der Waals surface area contributed by atoms with Crippen molar-refractivity contribution in [3.8, 4) is 17.0 Å². The molecule has 0 amide bonds. The predicted octanol–water partition coefficient (Wildman–Crippen LogP) is 4.82. The second-order valence-electron chi connectivity index (χ2n) is 5.30.